The number of nitrogens with zero attached hydrogens (tertiary/aromatic N) is 1. The van der Waals surface area contributed by atoms with Gasteiger partial charge < -0.3 is 15.0 Å². The Morgan fingerprint density at radius 3 is 2.22 bits per heavy atom. The second kappa shape index (κ2) is 8.40. The molecule has 0 radical (unpaired) electrons. The average Bonchev–Trinajstić information content (AvgIpc) is 3.16. The number of rotatable bonds is 3. The Balaban J connectivity index is 0.00000210. The monoisotopic (exact) mass is 392 g/mol. The Labute approximate surface area is 169 Å². The van der Waals surface area contributed by atoms with Crippen LogP contribution >= 0.6 is 12.4 Å². The van der Waals surface area contributed by atoms with Gasteiger partial charge in [0.05, 0.1) is 12.5 Å². The Bertz CT molecular complexity index is 624. The normalized spacial score (nSPS) is 23.7. The maximum absolute atomic E-state index is 13.7. The molecular formula is C22H33ClN2O2. The molecule has 1 aromatic carbocycles. The van der Waals surface area contributed by atoms with Gasteiger partial charge >= 0.3 is 0 Å². The van der Waals surface area contributed by atoms with E-state index in [1.165, 1.54) is 18.4 Å². The predicted octanol–water partition coefficient (Wildman–Crippen LogP) is 3.92. The Kier molecular flexibility index (Phi) is 6.37. The van der Waals surface area contributed by atoms with Crippen molar-refractivity contribution < 1.29 is 9.53 Å². The quantitative estimate of drug-likeness (QED) is 0.847. The minimum absolute atomic E-state index is 0. The van der Waals surface area contributed by atoms with Crippen molar-refractivity contribution in [1.29, 1.82) is 0 Å². The SMILES string of the molecule is COc1ccc(C2(C(=O)N3CCC4(CCNC4)CC3)CCCCC2)cc1.Cl. The van der Waals surface area contributed by atoms with E-state index in [4.69, 9.17) is 4.74 Å². The second-order valence-electron chi connectivity index (χ2n) is 8.59. The zero-order chi connectivity index (χ0) is 18.0. The molecule has 5 heteroatoms. The smallest absolute Gasteiger partial charge is 0.233 e. The molecule has 2 saturated heterocycles. The van der Waals surface area contributed by atoms with Gasteiger partial charge in [-0.05, 0) is 61.8 Å². The van der Waals surface area contributed by atoms with Crippen molar-refractivity contribution in [3.8, 4) is 5.75 Å². The first kappa shape index (κ1) is 20.5. The molecule has 2 heterocycles. The lowest BCUT2D eigenvalue weighted by atomic mass is 9.67. The number of hydrogen-bond acceptors (Lipinski definition) is 3. The van der Waals surface area contributed by atoms with Gasteiger partial charge in [-0.15, -0.1) is 12.4 Å². The molecule has 0 unspecified atom stereocenters. The van der Waals surface area contributed by atoms with E-state index in [0.717, 1.165) is 70.5 Å². The zero-order valence-electron chi connectivity index (χ0n) is 16.5. The van der Waals surface area contributed by atoms with Gasteiger partial charge in [-0.2, -0.15) is 0 Å². The standard InChI is InChI=1S/C22H32N2O2.ClH/c1-26-19-7-5-18(6-8-19)22(9-3-2-4-10-22)20(25)24-15-12-21(13-16-24)11-14-23-17-21;/h5-8,23H,2-4,9-17H2,1H3;1H. The average molecular weight is 393 g/mol. The van der Waals surface area contributed by atoms with Crippen LogP contribution in [0.15, 0.2) is 24.3 Å². The molecule has 1 amide bonds. The van der Waals surface area contributed by atoms with E-state index in [0.29, 0.717) is 11.3 Å². The second-order valence-corrected chi connectivity index (χ2v) is 8.59. The topological polar surface area (TPSA) is 41.6 Å². The van der Waals surface area contributed by atoms with Crippen molar-refractivity contribution in [2.24, 2.45) is 5.41 Å². The summed E-state index contributed by atoms with van der Waals surface area (Å²) in [6.45, 7) is 4.14. The van der Waals surface area contributed by atoms with Crippen LogP contribution in [0.1, 0.15) is 56.9 Å². The van der Waals surface area contributed by atoms with Crippen LogP contribution in [0.3, 0.4) is 0 Å². The first-order chi connectivity index (χ1) is 12.7. The van der Waals surface area contributed by atoms with Crippen molar-refractivity contribution in [2.45, 2.75) is 56.8 Å². The molecular weight excluding hydrogens is 360 g/mol. The number of carbonyl (C=O) groups is 1. The lowest BCUT2D eigenvalue weighted by molar-refractivity contribution is -0.141. The highest BCUT2D eigenvalue weighted by molar-refractivity contribution is 5.88. The summed E-state index contributed by atoms with van der Waals surface area (Å²) in [4.78, 5) is 15.9. The number of halogens is 1. The van der Waals surface area contributed by atoms with Gasteiger partial charge in [-0.1, -0.05) is 31.4 Å². The van der Waals surface area contributed by atoms with E-state index < -0.39 is 0 Å². The summed E-state index contributed by atoms with van der Waals surface area (Å²) in [7, 11) is 1.69. The fourth-order valence-corrected chi connectivity index (χ4v) is 5.40. The van der Waals surface area contributed by atoms with Gasteiger partial charge in [0.1, 0.15) is 5.75 Å². The number of benzene rings is 1. The molecule has 0 bridgehead atoms. The highest BCUT2D eigenvalue weighted by Crippen LogP contribution is 2.44. The Morgan fingerprint density at radius 2 is 1.67 bits per heavy atom. The molecule has 1 spiro atoms. The number of amides is 1. The van der Waals surface area contributed by atoms with Crippen LogP contribution in [0, 0.1) is 5.41 Å². The fraction of sp³-hybridized carbons (Fsp3) is 0.682. The lowest BCUT2D eigenvalue weighted by Crippen LogP contribution is -2.52. The summed E-state index contributed by atoms with van der Waals surface area (Å²) in [6, 6.07) is 8.26. The fourth-order valence-electron chi connectivity index (χ4n) is 5.40. The van der Waals surface area contributed by atoms with Gasteiger partial charge in [0.2, 0.25) is 5.91 Å². The van der Waals surface area contributed by atoms with Crippen molar-refractivity contribution in [3.63, 3.8) is 0 Å². The third-order valence-electron chi connectivity index (χ3n) is 7.20. The third kappa shape index (κ3) is 3.84. The van der Waals surface area contributed by atoms with Gasteiger partial charge in [-0.25, -0.2) is 0 Å². The number of hydrogen-bond donors (Lipinski definition) is 1. The summed E-state index contributed by atoms with van der Waals surface area (Å²) in [5.74, 6) is 1.24. The van der Waals surface area contributed by atoms with Gasteiger partial charge in [0.15, 0.2) is 0 Å². The largest absolute Gasteiger partial charge is 0.497 e. The number of piperidine rings is 1. The highest BCUT2D eigenvalue weighted by atomic mass is 35.5. The summed E-state index contributed by atoms with van der Waals surface area (Å²) in [5, 5.41) is 3.52. The minimum atomic E-state index is -0.317. The number of likely N-dealkylation sites (tertiary alicyclic amines) is 1. The molecule has 1 aliphatic carbocycles. The molecule has 27 heavy (non-hydrogen) atoms. The van der Waals surface area contributed by atoms with E-state index in [-0.39, 0.29) is 17.8 Å². The van der Waals surface area contributed by atoms with Crippen molar-refractivity contribution in [3.05, 3.63) is 29.8 Å². The number of ether oxygens (including phenoxy) is 1. The molecule has 1 saturated carbocycles. The van der Waals surface area contributed by atoms with Crippen LogP contribution in [0.4, 0.5) is 0 Å². The van der Waals surface area contributed by atoms with E-state index in [2.05, 4.69) is 22.3 Å². The minimum Gasteiger partial charge on any atom is -0.497 e. The van der Waals surface area contributed by atoms with Crippen LogP contribution < -0.4 is 10.1 Å². The third-order valence-corrected chi connectivity index (χ3v) is 7.20. The first-order valence-electron chi connectivity index (χ1n) is 10.3. The van der Waals surface area contributed by atoms with Crippen molar-refractivity contribution in [2.75, 3.05) is 33.3 Å². The summed E-state index contributed by atoms with van der Waals surface area (Å²) in [6.07, 6.45) is 9.12. The molecule has 4 rings (SSSR count). The molecule has 4 nitrogen and oxygen atoms in total. The number of methoxy groups -OCH3 is 1. The number of nitrogens with one attached hydrogen (secondary N) is 1. The predicted molar refractivity (Wildman–Crippen MR) is 111 cm³/mol. The maximum atomic E-state index is 13.7. The van der Waals surface area contributed by atoms with Crippen LogP contribution in [0.5, 0.6) is 5.75 Å². The van der Waals surface area contributed by atoms with Crippen LogP contribution in [-0.4, -0.2) is 44.1 Å². The van der Waals surface area contributed by atoms with E-state index in [1.54, 1.807) is 7.11 Å². The summed E-state index contributed by atoms with van der Waals surface area (Å²) < 4.78 is 5.32. The Morgan fingerprint density at radius 1 is 1.00 bits per heavy atom. The summed E-state index contributed by atoms with van der Waals surface area (Å²) in [5.41, 5.74) is 1.32. The molecule has 2 aliphatic heterocycles. The molecule has 3 aliphatic rings. The van der Waals surface area contributed by atoms with Crippen molar-refractivity contribution in [1.82, 2.24) is 10.2 Å². The lowest BCUT2D eigenvalue weighted by Gasteiger charge is -2.45. The van der Waals surface area contributed by atoms with Crippen LogP contribution in [0.25, 0.3) is 0 Å². The molecule has 3 fully saturated rings. The van der Waals surface area contributed by atoms with E-state index >= 15 is 0 Å². The van der Waals surface area contributed by atoms with Crippen LogP contribution in [0.2, 0.25) is 0 Å². The number of carbonyl (C=O) groups excluding carboxylic acids is 1. The van der Waals surface area contributed by atoms with Gasteiger partial charge in [-0.3, -0.25) is 4.79 Å². The molecule has 150 valence electrons. The first-order valence-corrected chi connectivity index (χ1v) is 10.3. The zero-order valence-corrected chi connectivity index (χ0v) is 17.3. The molecule has 0 atom stereocenters. The Hall–Kier alpha value is -1.26. The van der Waals surface area contributed by atoms with Crippen molar-refractivity contribution >= 4 is 18.3 Å². The van der Waals surface area contributed by atoms with Gasteiger partial charge in [0.25, 0.3) is 0 Å². The maximum Gasteiger partial charge on any atom is 0.233 e. The van der Waals surface area contributed by atoms with Crippen LogP contribution in [-0.2, 0) is 10.2 Å². The molecule has 0 aromatic heterocycles. The summed E-state index contributed by atoms with van der Waals surface area (Å²) >= 11 is 0. The molecule has 1 N–H and O–H groups in total. The van der Waals surface area contributed by atoms with E-state index in [9.17, 15) is 4.79 Å². The molecule has 1 aromatic rings. The van der Waals surface area contributed by atoms with Gasteiger partial charge in [0, 0.05) is 19.6 Å². The highest BCUT2D eigenvalue weighted by Gasteiger charge is 2.46. The van der Waals surface area contributed by atoms with E-state index in [1.807, 2.05) is 12.1 Å².